The van der Waals surface area contributed by atoms with Crippen LogP contribution in [0, 0.1) is 6.92 Å². The highest BCUT2D eigenvalue weighted by Gasteiger charge is 2.22. The normalized spacial score (nSPS) is 10.6. The number of aliphatic hydroxyl groups is 1. The number of rotatable bonds is 9. The lowest BCUT2D eigenvalue weighted by Crippen LogP contribution is -2.29. The van der Waals surface area contributed by atoms with E-state index in [1.54, 1.807) is 6.92 Å². The number of esters is 1. The van der Waals surface area contributed by atoms with Crippen molar-refractivity contribution in [2.75, 3.05) is 31.6 Å². The Bertz CT molecular complexity index is 740. The van der Waals surface area contributed by atoms with Crippen molar-refractivity contribution in [3.05, 3.63) is 40.8 Å². The number of anilines is 1. The van der Waals surface area contributed by atoms with E-state index in [4.69, 9.17) is 9.84 Å². The van der Waals surface area contributed by atoms with Crippen LogP contribution in [-0.4, -0.2) is 43.3 Å². The molecule has 7 heteroatoms. The zero-order valence-corrected chi connectivity index (χ0v) is 15.8. The van der Waals surface area contributed by atoms with Crippen LogP contribution in [0.25, 0.3) is 11.1 Å². The van der Waals surface area contributed by atoms with Crippen LogP contribution in [0.4, 0.5) is 5.00 Å². The van der Waals surface area contributed by atoms with Crippen LogP contribution in [0.1, 0.15) is 29.3 Å². The van der Waals surface area contributed by atoms with E-state index < -0.39 is 5.97 Å². The molecule has 0 spiro atoms. The summed E-state index contributed by atoms with van der Waals surface area (Å²) in [4.78, 5) is 24.6. The van der Waals surface area contributed by atoms with Gasteiger partial charge in [0.05, 0.1) is 13.2 Å². The van der Waals surface area contributed by atoms with Crippen molar-refractivity contribution < 1.29 is 19.4 Å². The van der Waals surface area contributed by atoms with Gasteiger partial charge in [0.2, 0.25) is 5.91 Å². The van der Waals surface area contributed by atoms with Gasteiger partial charge in [0, 0.05) is 17.6 Å². The van der Waals surface area contributed by atoms with Crippen molar-refractivity contribution >= 4 is 28.2 Å². The first-order valence-electron chi connectivity index (χ1n) is 8.53. The second-order valence-corrected chi connectivity index (χ2v) is 6.62. The lowest BCUT2D eigenvalue weighted by molar-refractivity contribution is -0.115. The van der Waals surface area contributed by atoms with Gasteiger partial charge in [-0.1, -0.05) is 29.8 Å². The molecule has 0 radical (unpaired) electrons. The summed E-state index contributed by atoms with van der Waals surface area (Å²) in [6.07, 6.45) is 0.581. The summed E-state index contributed by atoms with van der Waals surface area (Å²) in [6.45, 7) is 4.75. The van der Waals surface area contributed by atoms with Gasteiger partial charge in [0.15, 0.2) is 0 Å². The summed E-state index contributed by atoms with van der Waals surface area (Å²) >= 11 is 1.30. The fourth-order valence-electron chi connectivity index (χ4n) is 2.38. The highest BCUT2D eigenvalue weighted by Crippen LogP contribution is 2.36. The number of ether oxygens (including phenoxy) is 1. The molecule has 1 amide bonds. The molecule has 1 heterocycles. The first-order valence-corrected chi connectivity index (χ1v) is 9.41. The number of hydrogen-bond acceptors (Lipinski definition) is 6. The van der Waals surface area contributed by atoms with Crippen LogP contribution in [0.2, 0.25) is 0 Å². The van der Waals surface area contributed by atoms with Gasteiger partial charge in [-0.05, 0) is 32.4 Å². The minimum Gasteiger partial charge on any atom is -0.462 e. The highest BCUT2D eigenvalue weighted by atomic mass is 32.1. The number of hydrogen-bond donors (Lipinski definition) is 3. The Labute approximate surface area is 157 Å². The highest BCUT2D eigenvalue weighted by molar-refractivity contribution is 7.15. The molecule has 0 aliphatic rings. The van der Waals surface area contributed by atoms with Gasteiger partial charge in [-0.25, -0.2) is 4.79 Å². The maximum absolute atomic E-state index is 12.5. The average Bonchev–Trinajstić information content (AvgIpc) is 3.03. The molecule has 26 heavy (non-hydrogen) atoms. The van der Waals surface area contributed by atoms with E-state index in [0.29, 0.717) is 23.5 Å². The molecule has 2 rings (SSSR count). The predicted molar refractivity (Wildman–Crippen MR) is 104 cm³/mol. The van der Waals surface area contributed by atoms with Crippen molar-refractivity contribution in [3.8, 4) is 11.1 Å². The molecular formula is C19H24N2O4S. The summed E-state index contributed by atoms with van der Waals surface area (Å²) in [5.41, 5.74) is 3.15. The molecule has 0 bridgehead atoms. The molecule has 1 aromatic heterocycles. The van der Waals surface area contributed by atoms with E-state index in [9.17, 15) is 9.59 Å². The summed E-state index contributed by atoms with van der Waals surface area (Å²) in [5.74, 6) is -0.696. The minimum atomic E-state index is -0.451. The number of amides is 1. The van der Waals surface area contributed by atoms with E-state index in [0.717, 1.165) is 16.7 Å². The zero-order chi connectivity index (χ0) is 18.9. The van der Waals surface area contributed by atoms with Crippen molar-refractivity contribution in [1.29, 1.82) is 0 Å². The SMILES string of the molecule is CCOC(=O)c1c(-c2ccc(C)cc2)csc1NC(=O)CNCCCO. The van der Waals surface area contributed by atoms with Gasteiger partial charge in [-0.2, -0.15) is 0 Å². The molecule has 140 valence electrons. The smallest absolute Gasteiger partial charge is 0.341 e. The molecule has 2 aromatic rings. The fourth-order valence-corrected chi connectivity index (χ4v) is 3.35. The third-order valence-electron chi connectivity index (χ3n) is 3.68. The van der Waals surface area contributed by atoms with E-state index >= 15 is 0 Å². The van der Waals surface area contributed by atoms with Crippen LogP contribution in [0.5, 0.6) is 0 Å². The van der Waals surface area contributed by atoms with Gasteiger partial charge in [0.1, 0.15) is 10.6 Å². The molecule has 0 fully saturated rings. The van der Waals surface area contributed by atoms with Gasteiger partial charge < -0.3 is 20.5 Å². The van der Waals surface area contributed by atoms with Crippen LogP contribution in [0.15, 0.2) is 29.6 Å². The molecular weight excluding hydrogens is 352 g/mol. The Morgan fingerprint density at radius 3 is 2.62 bits per heavy atom. The molecule has 0 aliphatic carbocycles. The summed E-state index contributed by atoms with van der Waals surface area (Å²) in [7, 11) is 0. The first-order chi connectivity index (χ1) is 12.6. The molecule has 0 atom stereocenters. The van der Waals surface area contributed by atoms with E-state index in [2.05, 4.69) is 10.6 Å². The van der Waals surface area contributed by atoms with Crippen molar-refractivity contribution in [3.63, 3.8) is 0 Å². The Balaban J connectivity index is 2.21. The number of aryl methyl sites for hydroxylation is 1. The molecule has 1 aromatic carbocycles. The topological polar surface area (TPSA) is 87.7 Å². The Kier molecular flexibility index (Phi) is 7.77. The van der Waals surface area contributed by atoms with Crippen LogP contribution < -0.4 is 10.6 Å². The van der Waals surface area contributed by atoms with Gasteiger partial charge in [-0.3, -0.25) is 4.79 Å². The monoisotopic (exact) mass is 376 g/mol. The van der Waals surface area contributed by atoms with E-state index in [1.165, 1.54) is 11.3 Å². The van der Waals surface area contributed by atoms with Crippen LogP contribution >= 0.6 is 11.3 Å². The number of benzene rings is 1. The Morgan fingerprint density at radius 2 is 1.96 bits per heavy atom. The Hall–Kier alpha value is -2.22. The summed E-state index contributed by atoms with van der Waals surface area (Å²) in [6, 6.07) is 7.85. The maximum Gasteiger partial charge on any atom is 0.341 e. The number of carbonyl (C=O) groups excluding carboxylic acids is 2. The lowest BCUT2D eigenvalue weighted by Gasteiger charge is -2.09. The summed E-state index contributed by atoms with van der Waals surface area (Å²) < 4.78 is 5.18. The zero-order valence-electron chi connectivity index (χ0n) is 15.0. The van der Waals surface area contributed by atoms with Gasteiger partial charge in [-0.15, -0.1) is 11.3 Å². The average molecular weight is 376 g/mol. The first kappa shape index (κ1) is 20.1. The second kappa shape index (κ2) is 10.1. The van der Waals surface area contributed by atoms with Crippen molar-refractivity contribution in [1.82, 2.24) is 5.32 Å². The number of thiophene rings is 1. The molecule has 0 saturated carbocycles. The van der Waals surface area contributed by atoms with Gasteiger partial charge >= 0.3 is 5.97 Å². The number of aliphatic hydroxyl groups excluding tert-OH is 1. The lowest BCUT2D eigenvalue weighted by atomic mass is 10.0. The predicted octanol–water partition coefficient (Wildman–Crippen LogP) is 2.81. The molecule has 0 saturated heterocycles. The third-order valence-corrected chi connectivity index (χ3v) is 4.58. The molecule has 6 nitrogen and oxygen atoms in total. The molecule has 0 aliphatic heterocycles. The van der Waals surface area contributed by atoms with Crippen LogP contribution in [-0.2, 0) is 9.53 Å². The van der Waals surface area contributed by atoms with E-state index in [-0.39, 0.29) is 25.7 Å². The fraction of sp³-hybridized carbons (Fsp3) is 0.368. The number of nitrogens with one attached hydrogen (secondary N) is 2. The number of carbonyl (C=O) groups is 2. The van der Waals surface area contributed by atoms with Crippen LogP contribution in [0.3, 0.4) is 0 Å². The largest absolute Gasteiger partial charge is 0.462 e. The quantitative estimate of drug-likeness (QED) is 0.463. The minimum absolute atomic E-state index is 0.0759. The maximum atomic E-state index is 12.5. The van der Waals surface area contributed by atoms with Crippen molar-refractivity contribution in [2.24, 2.45) is 0 Å². The van der Waals surface area contributed by atoms with Crippen molar-refractivity contribution in [2.45, 2.75) is 20.3 Å². The molecule has 3 N–H and O–H groups in total. The third kappa shape index (κ3) is 5.39. The van der Waals surface area contributed by atoms with E-state index in [1.807, 2.05) is 36.6 Å². The summed E-state index contributed by atoms with van der Waals surface area (Å²) in [5, 5.41) is 16.8. The molecule has 0 unspecified atom stereocenters. The Morgan fingerprint density at radius 1 is 1.23 bits per heavy atom. The second-order valence-electron chi connectivity index (χ2n) is 5.74. The van der Waals surface area contributed by atoms with Gasteiger partial charge in [0.25, 0.3) is 0 Å². The standard InChI is InChI=1S/C19H24N2O4S/c1-3-25-19(24)17-15(14-7-5-13(2)6-8-14)12-26-18(17)21-16(23)11-20-9-4-10-22/h5-8,12,20,22H,3-4,9-11H2,1-2H3,(H,21,23).